The normalized spacial score (nSPS) is 25.4. The van der Waals surface area contributed by atoms with Crippen molar-refractivity contribution >= 4 is 5.84 Å². The van der Waals surface area contributed by atoms with Crippen LogP contribution in [-0.4, -0.2) is 5.84 Å². The lowest BCUT2D eigenvalue weighted by atomic mass is 10.2. The molecular weight excluding hydrogens is 112 g/mol. The molecule has 0 fully saturated rings. The first-order chi connectivity index (χ1) is 4.29. The molecule has 1 unspecified atom stereocenters. The van der Waals surface area contributed by atoms with E-state index in [-0.39, 0.29) is 0 Å². The molecule has 0 saturated carbocycles. The van der Waals surface area contributed by atoms with Gasteiger partial charge in [0, 0.05) is 6.20 Å². The first-order valence-corrected chi connectivity index (χ1v) is 2.97. The molecule has 1 aliphatic heterocycles. The fraction of sp³-hybridized carbons (Fsp3) is 0.286. The molecular formula is C7H10N2. The Morgan fingerprint density at radius 1 is 1.56 bits per heavy atom. The van der Waals surface area contributed by atoms with Gasteiger partial charge in [0.25, 0.3) is 0 Å². The second-order valence-electron chi connectivity index (χ2n) is 2.11. The van der Waals surface area contributed by atoms with Gasteiger partial charge in [0.1, 0.15) is 5.84 Å². The van der Waals surface area contributed by atoms with Gasteiger partial charge in [-0.05, 0) is 12.0 Å². The van der Waals surface area contributed by atoms with E-state index in [0.717, 1.165) is 0 Å². The first-order valence-electron chi connectivity index (χ1n) is 2.97. The van der Waals surface area contributed by atoms with E-state index in [4.69, 9.17) is 5.73 Å². The van der Waals surface area contributed by atoms with Gasteiger partial charge in [0.2, 0.25) is 0 Å². The van der Waals surface area contributed by atoms with Crippen LogP contribution in [0, 0.1) is 5.92 Å². The van der Waals surface area contributed by atoms with Crippen LogP contribution in [0.5, 0.6) is 0 Å². The van der Waals surface area contributed by atoms with Crippen LogP contribution in [0.3, 0.4) is 0 Å². The van der Waals surface area contributed by atoms with Gasteiger partial charge in [0.05, 0.1) is 0 Å². The minimum Gasteiger partial charge on any atom is -0.384 e. The van der Waals surface area contributed by atoms with E-state index < -0.39 is 0 Å². The van der Waals surface area contributed by atoms with E-state index >= 15 is 0 Å². The maximum absolute atomic E-state index is 5.41. The second-order valence-corrected chi connectivity index (χ2v) is 2.11. The molecule has 0 aliphatic carbocycles. The van der Waals surface area contributed by atoms with Crippen molar-refractivity contribution in [3.8, 4) is 0 Å². The van der Waals surface area contributed by atoms with E-state index in [0.29, 0.717) is 11.8 Å². The molecule has 0 radical (unpaired) electrons. The number of amidine groups is 1. The van der Waals surface area contributed by atoms with Crippen LogP contribution in [0.1, 0.15) is 6.92 Å². The lowest BCUT2D eigenvalue weighted by Gasteiger charge is -1.90. The molecule has 0 aromatic rings. The molecule has 0 amide bonds. The van der Waals surface area contributed by atoms with Gasteiger partial charge in [-0.25, -0.2) is 4.99 Å². The number of allylic oxidation sites excluding steroid dienone is 2. The third-order valence-corrected chi connectivity index (χ3v) is 1.18. The van der Waals surface area contributed by atoms with E-state index in [9.17, 15) is 0 Å². The average molecular weight is 122 g/mol. The van der Waals surface area contributed by atoms with Crippen LogP contribution in [0.25, 0.3) is 0 Å². The van der Waals surface area contributed by atoms with Crippen molar-refractivity contribution in [3.05, 3.63) is 24.4 Å². The standard InChI is InChI=1S/C7H10N2/c1-6-2-3-7(8)9-5-4-6/h2-6H,1H3,(H2,8,9). The van der Waals surface area contributed by atoms with E-state index in [2.05, 4.69) is 11.9 Å². The molecule has 1 atom stereocenters. The Balaban J connectivity index is 2.75. The number of nitrogens with zero attached hydrogens (tertiary/aromatic N) is 1. The highest BCUT2D eigenvalue weighted by Gasteiger charge is 1.92. The number of aliphatic imine (C=N–C) groups is 1. The summed E-state index contributed by atoms with van der Waals surface area (Å²) in [6, 6.07) is 0. The lowest BCUT2D eigenvalue weighted by molar-refractivity contribution is 0.940. The Labute approximate surface area is 54.8 Å². The van der Waals surface area contributed by atoms with Gasteiger partial charge in [-0.3, -0.25) is 0 Å². The molecule has 1 aliphatic rings. The van der Waals surface area contributed by atoms with Crippen molar-refractivity contribution in [1.29, 1.82) is 0 Å². The summed E-state index contributed by atoms with van der Waals surface area (Å²) in [6.45, 7) is 2.08. The number of hydrogen-bond acceptors (Lipinski definition) is 2. The summed E-state index contributed by atoms with van der Waals surface area (Å²) < 4.78 is 0. The topological polar surface area (TPSA) is 38.4 Å². The van der Waals surface area contributed by atoms with Crippen molar-refractivity contribution in [3.63, 3.8) is 0 Å². The summed E-state index contributed by atoms with van der Waals surface area (Å²) >= 11 is 0. The zero-order chi connectivity index (χ0) is 6.69. The van der Waals surface area contributed by atoms with Crippen molar-refractivity contribution in [2.24, 2.45) is 16.6 Å². The number of hydrogen-bond donors (Lipinski definition) is 1. The van der Waals surface area contributed by atoms with Crippen LogP contribution in [0.2, 0.25) is 0 Å². The van der Waals surface area contributed by atoms with Gasteiger partial charge in [-0.15, -0.1) is 0 Å². The van der Waals surface area contributed by atoms with Gasteiger partial charge in [0.15, 0.2) is 0 Å². The van der Waals surface area contributed by atoms with Crippen molar-refractivity contribution in [2.45, 2.75) is 6.92 Å². The van der Waals surface area contributed by atoms with Crippen LogP contribution in [0.15, 0.2) is 29.4 Å². The van der Waals surface area contributed by atoms with Gasteiger partial charge in [-0.2, -0.15) is 0 Å². The van der Waals surface area contributed by atoms with E-state index in [1.807, 2.05) is 18.2 Å². The zero-order valence-corrected chi connectivity index (χ0v) is 5.41. The first kappa shape index (κ1) is 6.08. The van der Waals surface area contributed by atoms with Gasteiger partial charge in [-0.1, -0.05) is 19.1 Å². The second kappa shape index (κ2) is 2.49. The molecule has 0 spiro atoms. The highest BCUT2D eigenvalue weighted by Crippen LogP contribution is 2.01. The van der Waals surface area contributed by atoms with Crippen molar-refractivity contribution in [2.75, 3.05) is 0 Å². The largest absolute Gasteiger partial charge is 0.384 e. The Hall–Kier alpha value is -1.05. The zero-order valence-electron chi connectivity index (χ0n) is 5.41. The Kier molecular flexibility index (Phi) is 1.68. The Bertz CT molecular complexity index is 177. The maximum Gasteiger partial charge on any atom is 0.122 e. The number of nitrogens with two attached hydrogens (primary N) is 1. The van der Waals surface area contributed by atoms with E-state index in [1.165, 1.54) is 0 Å². The quantitative estimate of drug-likeness (QED) is 0.512. The molecule has 9 heavy (non-hydrogen) atoms. The average Bonchev–Trinajstić information content (AvgIpc) is 1.97. The summed E-state index contributed by atoms with van der Waals surface area (Å²) in [6.07, 6.45) is 7.57. The molecule has 0 bridgehead atoms. The molecule has 1 heterocycles. The molecule has 2 N–H and O–H groups in total. The summed E-state index contributed by atoms with van der Waals surface area (Å²) in [5.74, 6) is 1.03. The smallest absolute Gasteiger partial charge is 0.122 e. The summed E-state index contributed by atoms with van der Waals surface area (Å²) in [5, 5.41) is 0. The minimum atomic E-state index is 0.454. The monoisotopic (exact) mass is 122 g/mol. The highest BCUT2D eigenvalue weighted by atomic mass is 14.8. The van der Waals surface area contributed by atoms with Gasteiger partial charge < -0.3 is 5.73 Å². The molecule has 0 aromatic carbocycles. The molecule has 2 nitrogen and oxygen atoms in total. The summed E-state index contributed by atoms with van der Waals surface area (Å²) in [5.41, 5.74) is 5.41. The van der Waals surface area contributed by atoms with Crippen LogP contribution in [0.4, 0.5) is 0 Å². The van der Waals surface area contributed by atoms with Crippen molar-refractivity contribution < 1.29 is 0 Å². The lowest BCUT2D eigenvalue weighted by Crippen LogP contribution is -2.05. The Morgan fingerprint density at radius 2 is 2.33 bits per heavy atom. The molecule has 48 valence electrons. The predicted octanol–water partition coefficient (Wildman–Crippen LogP) is 1.06. The third kappa shape index (κ3) is 1.72. The highest BCUT2D eigenvalue weighted by molar-refractivity contribution is 5.92. The molecule has 0 saturated heterocycles. The minimum absolute atomic E-state index is 0.454. The van der Waals surface area contributed by atoms with Crippen LogP contribution >= 0.6 is 0 Å². The fourth-order valence-electron chi connectivity index (χ4n) is 0.622. The Morgan fingerprint density at radius 3 is 3.11 bits per heavy atom. The third-order valence-electron chi connectivity index (χ3n) is 1.18. The van der Waals surface area contributed by atoms with Crippen molar-refractivity contribution in [1.82, 2.24) is 0 Å². The molecule has 2 heteroatoms. The van der Waals surface area contributed by atoms with Gasteiger partial charge >= 0.3 is 0 Å². The SMILES string of the molecule is CC1C=CN=C(N)C=C1. The fourth-order valence-corrected chi connectivity index (χ4v) is 0.622. The maximum atomic E-state index is 5.41. The van der Waals surface area contributed by atoms with Crippen LogP contribution in [-0.2, 0) is 0 Å². The summed E-state index contributed by atoms with van der Waals surface area (Å²) in [4.78, 5) is 3.90. The molecule has 0 aromatic heterocycles. The van der Waals surface area contributed by atoms with Crippen LogP contribution < -0.4 is 5.73 Å². The number of rotatable bonds is 0. The summed E-state index contributed by atoms with van der Waals surface area (Å²) in [7, 11) is 0. The molecule has 1 rings (SSSR count). The predicted molar refractivity (Wildman–Crippen MR) is 39.1 cm³/mol. The van der Waals surface area contributed by atoms with E-state index in [1.54, 1.807) is 6.20 Å².